The van der Waals surface area contributed by atoms with Crippen LogP contribution in [0.5, 0.6) is 5.75 Å². The van der Waals surface area contributed by atoms with Crippen molar-refractivity contribution >= 4 is 45.3 Å². The molecule has 70 heavy (non-hydrogen) atoms. The first-order chi connectivity index (χ1) is 33.5. The molecule has 0 aromatic heterocycles. The van der Waals surface area contributed by atoms with Crippen LogP contribution in [0.2, 0.25) is 0 Å². The van der Waals surface area contributed by atoms with Crippen molar-refractivity contribution in [1.29, 1.82) is 0 Å². The van der Waals surface area contributed by atoms with E-state index in [1.165, 1.54) is 43.2 Å². The topological polar surface area (TPSA) is 117 Å². The Kier molecular flexibility index (Phi) is 19.6. The van der Waals surface area contributed by atoms with Gasteiger partial charge in [0.25, 0.3) is 0 Å². The van der Waals surface area contributed by atoms with Gasteiger partial charge in [-0.25, -0.2) is 9.59 Å². The van der Waals surface area contributed by atoms with Crippen LogP contribution in [0.4, 0.5) is 26.3 Å². The maximum absolute atomic E-state index is 16.2. The molecule has 19 heteroatoms. The van der Waals surface area contributed by atoms with E-state index in [9.17, 15) is 9.59 Å². The van der Waals surface area contributed by atoms with Crippen molar-refractivity contribution in [2.75, 3.05) is 100 Å². The van der Waals surface area contributed by atoms with Crippen molar-refractivity contribution in [3.63, 3.8) is 0 Å². The molecule has 2 aromatic carbocycles. The summed E-state index contributed by atoms with van der Waals surface area (Å²) in [4.78, 5) is 27.7. The molecule has 2 atom stereocenters. The van der Waals surface area contributed by atoms with Crippen molar-refractivity contribution in [2.45, 2.75) is 86.6 Å². The summed E-state index contributed by atoms with van der Waals surface area (Å²) in [6, 6.07) is 10.9. The van der Waals surface area contributed by atoms with Gasteiger partial charge in [0.1, 0.15) is 19.0 Å². The van der Waals surface area contributed by atoms with Gasteiger partial charge in [-0.3, -0.25) is 0 Å². The monoisotopic (exact) mass is 1030 g/mol. The van der Waals surface area contributed by atoms with Crippen LogP contribution in [-0.2, 0) is 37.9 Å². The molecule has 4 aliphatic rings. The third kappa shape index (κ3) is 12.0. The molecule has 2 aliphatic carbocycles. The Morgan fingerprint density at radius 2 is 0.929 bits per heavy atom. The van der Waals surface area contributed by atoms with Crippen LogP contribution in [0.1, 0.15) is 91.1 Å². The number of allylic oxidation sites excluding steroid dienone is 4. The predicted molar refractivity (Wildman–Crippen MR) is 256 cm³/mol. The van der Waals surface area contributed by atoms with E-state index >= 15 is 26.3 Å². The van der Waals surface area contributed by atoms with Gasteiger partial charge in [0.2, 0.25) is 0 Å². The number of thioether (sulfide) groups is 2. The van der Waals surface area contributed by atoms with Crippen LogP contribution in [0.25, 0.3) is 9.81 Å². The van der Waals surface area contributed by atoms with E-state index in [0.717, 1.165) is 49.2 Å². The van der Waals surface area contributed by atoms with E-state index in [-0.39, 0.29) is 80.0 Å². The van der Waals surface area contributed by atoms with Crippen molar-refractivity contribution in [2.24, 2.45) is 0 Å². The number of carbonyl (C=O) groups excluding carboxylic acids is 2. The molecule has 0 N–H and O–H groups in total. The minimum atomic E-state index is -5.77. The highest BCUT2D eigenvalue weighted by atomic mass is 32.2. The van der Waals surface area contributed by atoms with Gasteiger partial charge in [-0.15, -0.1) is 23.5 Å². The van der Waals surface area contributed by atoms with Gasteiger partial charge in [-0.2, -0.15) is 26.3 Å². The number of carbonyl (C=O) groups is 2. The highest BCUT2D eigenvalue weighted by molar-refractivity contribution is 8.14. The number of halogens is 6. The molecule has 2 unspecified atom stereocenters. The van der Waals surface area contributed by atoms with Gasteiger partial charge in [-0.1, -0.05) is 51.2 Å². The van der Waals surface area contributed by atoms with Crippen LogP contribution in [-0.4, -0.2) is 139 Å². The number of fused-ring (bicyclic) bond motifs is 4. The molecule has 6 rings (SSSR count). The maximum Gasteiger partial charge on any atom is 0.380 e. The normalized spacial score (nSPS) is 21.6. The largest absolute Gasteiger partial charge is 0.494 e. The molecule has 1 fully saturated rings. The van der Waals surface area contributed by atoms with E-state index in [2.05, 4.69) is 6.92 Å². The zero-order valence-electron chi connectivity index (χ0n) is 40.2. The molecule has 1 saturated carbocycles. The van der Waals surface area contributed by atoms with Gasteiger partial charge >= 0.3 is 29.7 Å². The fraction of sp³-hybridized carbons (Fsp3) is 0.569. The van der Waals surface area contributed by atoms with Crippen molar-refractivity contribution in [3.05, 3.63) is 99.2 Å². The van der Waals surface area contributed by atoms with E-state index in [1.807, 2.05) is 0 Å². The van der Waals surface area contributed by atoms with Gasteiger partial charge in [0.05, 0.1) is 93.3 Å². The van der Waals surface area contributed by atoms with Crippen LogP contribution in [0.3, 0.4) is 0 Å². The summed E-state index contributed by atoms with van der Waals surface area (Å²) in [5, 5.41) is 0. The molecule has 386 valence electrons. The van der Waals surface area contributed by atoms with Crippen LogP contribution in [0, 0.1) is 0 Å². The van der Waals surface area contributed by atoms with E-state index < -0.39 is 55.9 Å². The van der Waals surface area contributed by atoms with Crippen LogP contribution < -0.4 is 4.74 Å². The standard InChI is InChI=1S/C51H62F6O11S2/c1-6-7-8-9-10-11-16-66-38-14-12-34(13-15-38)41-32-39-43-44(50(54,55)51(56,57)49(43,52)53)40-33-42(70-48(40,3)47(39,2)69-41)35-29-36(45(58)67-27-25-64-23-21-62-19-17-60-4)31-37(30-35)46(59)68-28-26-65-24-22-63-20-18-61-5/h12-15,29-33H,6-11,16-28H2,1-5H3. The summed E-state index contributed by atoms with van der Waals surface area (Å²) in [5.74, 6) is -17.5. The first kappa shape index (κ1) is 55.5. The fourth-order valence-corrected chi connectivity index (χ4v) is 11.6. The lowest BCUT2D eigenvalue weighted by atomic mass is 9.71. The molecule has 2 heterocycles. The summed E-state index contributed by atoms with van der Waals surface area (Å²) >= 11 is 2.10. The van der Waals surface area contributed by atoms with E-state index in [4.69, 9.17) is 42.6 Å². The van der Waals surface area contributed by atoms with Crippen LogP contribution in [0.15, 0.2) is 76.9 Å². The van der Waals surface area contributed by atoms with Gasteiger partial charge in [0.15, 0.2) is 0 Å². The fourth-order valence-electron chi connectivity index (χ4n) is 8.47. The zero-order valence-corrected chi connectivity index (χ0v) is 41.8. The molecule has 0 bridgehead atoms. The second-order valence-electron chi connectivity index (χ2n) is 17.2. The first-order valence-corrected chi connectivity index (χ1v) is 25.1. The average molecular weight is 1030 g/mol. The quantitative estimate of drug-likeness (QED) is 0.0420. The molecule has 0 saturated heterocycles. The first-order valence-electron chi connectivity index (χ1n) is 23.5. The number of hydrogen-bond donors (Lipinski definition) is 0. The summed E-state index contributed by atoms with van der Waals surface area (Å²) in [6.45, 7) is 8.01. The van der Waals surface area contributed by atoms with Crippen molar-refractivity contribution in [1.82, 2.24) is 0 Å². The second kappa shape index (κ2) is 24.7. The van der Waals surface area contributed by atoms with E-state index in [0.29, 0.717) is 49.3 Å². The molecule has 0 radical (unpaired) electrons. The Morgan fingerprint density at radius 1 is 0.514 bits per heavy atom. The molecule has 11 nitrogen and oxygen atoms in total. The Bertz CT molecular complexity index is 2210. The third-order valence-corrected chi connectivity index (χ3v) is 15.8. The number of alkyl halides is 6. The second-order valence-corrected chi connectivity index (χ2v) is 20.2. The number of benzene rings is 2. The summed E-state index contributed by atoms with van der Waals surface area (Å²) in [5.41, 5.74) is -3.20. The smallest absolute Gasteiger partial charge is 0.380 e. The molecular formula is C51H62F6O11S2. The Morgan fingerprint density at radius 3 is 1.39 bits per heavy atom. The molecular weight excluding hydrogens is 967 g/mol. The highest BCUT2D eigenvalue weighted by Gasteiger charge is 2.84. The molecule has 2 aromatic rings. The van der Waals surface area contributed by atoms with Gasteiger partial charge in [-0.05, 0) is 85.0 Å². The van der Waals surface area contributed by atoms with E-state index in [1.54, 1.807) is 52.3 Å². The third-order valence-electron chi connectivity index (χ3n) is 12.4. The van der Waals surface area contributed by atoms with Crippen molar-refractivity contribution in [3.8, 4) is 5.75 Å². The van der Waals surface area contributed by atoms with Crippen molar-refractivity contribution < 1.29 is 78.6 Å². The Labute approximate surface area is 414 Å². The summed E-state index contributed by atoms with van der Waals surface area (Å²) in [6.07, 6.45) is 9.04. The number of unbranched alkanes of at least 4 members (excludes halogenated alkanes) is 5. The molecule has 0 amide bonds. The lowest BCUT2D eigenvalue weighted by Gasteiger charge is -2.47. The number of ether oxygens (including phenoxy) is 9. The number of esters is 2. The lowest BCUT2D eigenvalue weighted by Crippen LogP contribution is -2.48. The predicted octanol–water partition coefficient (Wildman–Crippen LogP) is 11.0. The minimum Gasteiger partial charge on any atom is -0.494 e. The SMILES string of the molecule is CCCCCCCCOc1ccc(C2=CC3=C4C(=C5C=C(c6cc(C(=O)OCCOCCOCCOC)cc(C(=O)OCCOCCOCCOC)c6)SC5(C)C3(C)S2)C(F)(F)C(F)(F)C4(F)F)cc1. The number of methoxy groups -OCH3 is 2. The molecule has 2 aliphatic heterocycles. The molecule has 0 spiro atoms. The number of rotatable bonds is 30. The summed E-state index contributed by atoms with van der Waals surface area (Å²) in [7, 11) is 3.10. The lowest BCUT2D eigenvalue weighted by molar-refractivity contribution is -0.258. The van der Waals surface area contributed by atoms with Crippen LogP contribution >= 0.6 is 23.5 Å². The Hall–Kier alpha value is -3.82. The van der Waals surface area contributed by atoms with Gasteiger partial charge in [0, 0.05) is 35.2 Å². The number of hydrogen-bond acceptors (Lipinski definition) is 13. The highest BCUT2D eigenvalue weighted by Crippen LogP contribution is 2.75. The minimum absolute atomic E-state index is 0.00623. The zero-order chi connectivity index (χ0) is 50.6. The Balaban J connectivity index is 1.28. The summed E-state index contributed by atoms with van der Waals surface area (Å²) < 4.78 is 141. The van der Waals surface area contributed by atoms with Gasteiger partial charge < -0.3 is 42.6 Å². The average Bonchev–Trinajstić information content (AvgIpc) is 3.92. The maximum atomic E-state index is 16.2.